The number of nitrogens with one attached hydrogen (secondary N) is 1. The number of carboxylic acid groups (broad SMARTS) is 1. The Hall–Kier alpha value is -2.95. The van der Waals surface area contributed by atoms with Crippen molar-refractivity contribution in [1.29, 1.82) is 0 Å². The highest BCUT2D eigenvalue weighted by atomic mass is 16.4. The predicted molar refractivity (Wildman–Crippen MR) is 106 cm³/mol. The smallest absolute Gasteiger partial charge is 0.326 e. The normalized spacial score (nSPS) is 18.3. The van der Waals surface area contributed by atoms with E-state index in [2.05, 4.69) is 5.32 Å². The van der Waals surface area contributed by atoms with Gasteiger partial charge in [0.25, 0.3) is 0 Å². The summed E-state index contributed by atoms with van der Waals surface area (Å²) in [5.41, 5.74) is 0.514. The van der Waals surface area contributed by atoms with Gasteiger partial charge in [-0.05, 0) is 36.8 Å². The van der Waals surface area contributed by atoms with Crippen LogP contribution >= 0.6 is 0 Å². The van der Waals surface area contributed by atoms with Crippen LogP contribution in [0, 0.1) is 5.92 Å². The Morgan fingerprint density at radius 1 is 1.04 bits per heavy atom. The maximum atomic E-state index is 13.4. The van der Waals surface area contributed by atoms with Crippen molar-refractivity contribution >= 4 is 17.7 Å². The minimum atomic E-state index is -1.10. The summed E-state index contributed by atoms with van der Waals surface area (Å²) in [4.78, 5) is 37.2. The third-order valence-electron chi connectivity index (χ3n) is 5.70. The topological polar surface area (TPSA) is 83.5 Å². The Morgan fingerprint density at radius 2 is 1.57 bits per heavy atom. The van der Waals surface area contributed by atoms with Crippen molar-refractivity contribution in [1.82, 2.24) is 5.32 Å². The molecule has 0 spiro atoms. The van der Waals surface area contributed by atoms with Crippen molar-refractivity contribution in [3.05, 3.63) is 71.8 Å². The lowest BCUT2D eigenvalue weighted by atomic mass is 9.74. The van der Waals surface area contributed by atoms with Crippen LogP contribution in [0.1, 0.15) is 43.7 Å². The van der Waals surface area contributed by atoms with E-state index in [1.807, 2.05) is 60.7 Å². The van der Waals surface area contributed by atoms with Crippen molar-refractivity contribution in [2.24, 2.45) is 5.92 Å². The fourth-order valence-electron chi connectivity index (χ4n) is 3.98. The molecule has 2 atom stereocenters. The quantitative estimate of drug-likeness (QED) is 0.806. The molecule has 0 unspecified atom stereocenters. The molecule has 3 rings (SSSR count). The molecular formula is C23H25NO4. The van der Waals surface area contributed by atoms with Crippen LogP contribution in [0.5, 0.6) is 0 Å². The molecule has 28 heavy (non-hydrogen) atoms. The summed E-state index contributed by atoms with van der Waals surface area (Å²) in [6, 6.07) is 17.6. The van der Waals surface area contributed by atoms with Crippen molar-refractivity contribution in [3.63, 3.8) is 0 Å². The number of benzene rings is 2. The fraction of sp³-hybridized carbons (Fsp3) is 0.348. The van der Waals surface area contributed by atoms with E-state index in [4.69, 9.17) is 0 Å². The molecule has 5 heteroatoms. The molecule has 1 aliphatic carbocycles. The molecule has 146 valence electrons. The van der Waals surface area contributed by atoms with E-state index in [0.29, 0.717) is 19.3 Å². The molecular weight excluding hydrogens is 354 g/mol. The number of hydrogen-bond acceptors (Lipinski definition) is 3. The predicted octanol–water partition coefficient (Wildman–Crippen LogP) is 3.32. The molecule has 1 aliphatic rings. The van der Waals surface area contributed by atoms with E-state index >= 15 is 0 Å². The van der Waals surface area contributed by atoms with E-state index < -0.39 is 17.4 Å². The van der Waals surface area contributed by atoms with Gasteiger partial charge < -0.3 is 10.4 Å². The van der Waals surface area contributed by atoms with Gasteiger partial charge >= 0.3 is 5.97 Å². The highest BCUT2D eigenvalue weighted by molar-refractivity contribution is 5.94. The molecule has 1 amide bonds. The number of carboxylic acids is 1. The Bertz CT molecular complexity index is 808. The first-order valence-corrected chi connectivity index (χ1v) is 9.59. The molecule has 0 heterocycles. The summed E-state index contributed by atoms with van der Waals surface area (Å²) in [5, 5.41) is 12.5. The number of carbonyl (C=O) groups excluding carboxylic acids is 2. The number of Topliss-reactive ketones (excluding diaryl/α,β-unsaturated/α-hetero) is 1. The minimum absolute atomic E-state index is 0.0608. The largest absolute Gasteiger partial charge is 0.480 e. The summed E-state index contributed by atoms with van der Waals surface area (Å²) in [6.45, 7) is 1.80. The first-order chi connectivity index (χ1) is 13.4. The van der Waals surface area contributed by atoms with Gasteiger partial charge in [0, 0.05) is 12.8 Å². The number of aliphatic carboxylic acids is 1. The van der Waals surface area contributed by atoms with E-state index in [1.165, 1.54) is 0 Å². The SMILES string of the molecule is CC(C(=O)N[C@H](C(=O)O)[C@H]1CCCC(=O)C1)(c1ccccc1)c1ccccc1. The fourth-order valence-corrected chi connectivity index (χ4v) is 3.98. The highest BCUT2D eigenvalue weighted by Crippen LogP contribution is 2.33. The van der Waals surface area contributed by atoms with Crippen molar-refractivity contribution in [2.45, 2.75) is 44.1 Å². The molecule has 0 radical (unpaired) electrons. The lowest BCUT2D eigenvalue weighted by Crippen LogP contribution is -2.53. The zero-order valence-electron chi connectivity index (χ0n) is 15.9. The maximum Gasteiger partial charge on any atom is 0.326 e. The Balaban J connectivity index is 1.95. The zero-order chi connectivity index (χ0) is 20.1. The van der Waals surface area contributed by atoms with Gasteiger partial charge in [0.1, 0.15) is 11.8 Å². The minimum Gasteiger partial charge on any atom is -0.480 e. The van der Waals surface area contributed by atoms with Crippen molar-refractivity contribution in [3.8, 4) is 0 Å². The second-order valence-electron chi connectivity index (χ2n) is 7.54. The molecule has 5 nitrogen and oxygen atoms in total. The van der Waals surface area contributed by atoms with Crippen LogP contribution in [0.15, 0.2) is 60.7 Å². The first-order valence-electron chi connectivity index (χ1n) is 9.59. The van der Waals surface area contributed by atoms with Crippen LogP contribution in [0.3, 0.4) is 0 Å². The second-order valence-corrected chi connectivity index (χ2v) is 7.54. The summed E-state index contributed by atoms with van der Waals surface area (Å²) in [6.07, 6.45) is 1.97. The average Bonchev–Trinajstić information content (AvgIpc) is 2.72. The maximum absolute atomic E-state index is 13.4. The van der Waals surface area contributed by atoms with Crippen LogP contribution in [0.25, 0.3) is 0 Å². The Labute approximate surface area is 164 Å². The molecule has 1 saturated carbocycles. The number of rotatable bonds is 6. The summed E-state index contributed by atoms with van der Waals surface area (Å²) < 4.78 is 0. The average molecular weight is 379 g/mol. The summed E-state index contributed by atoms with van der Waals surface area (Å²) in [5.74, 6) is -1.80. The Morgan fingerprint density at radius 3 is 2.04 bits per heavy atom. The van der Waals surface area contributed by atoms with Crippen LogP contribution < -0.4 is 5.32 Å². The van der Waals surface area contributed by atoms with Gasteiger partial charge in [-0.25, -0.2) is 4.79 Å². The van der Waals surface area contributed by atoms with Crippen LogP contribution in [0.2, 0.25) is 0 Å². The third kappa shape index (κ3) is 3.98. The molecule has 0 bridgehead atoms. The van der Waals surface area contributed by atoms with Gasteiger partial charge in [0.05, 0.1) is 5.41 Å². The number of hydrogen-bond donors (Lipinski definition) is 2. The van der Waals surface area contributed by atoms with E-state index in [0.717, 1.165) is 11.1 Å². The lowest BCUT2D eigenvalue weighted by Gasteiger charge is -2.33. The van der Waals surface area contributed by atoms with Crippen LogP contribution in [0.4, 0.5) is 0 Å². The van der Waals surface area contributed by atoms with Gasteiger partial charge in [0.15, 0.2) is 0 Å². The standard InChI is InChI=1S/C23H25NO4/c1-23(17-10-4-2-5-11-17,18-12-6-3-7-13-18)22(28)24-20(21(26)27)16-9-8-14-19(25)15-16/h2-7,10-13,16,20H,8-9,14-15H2,1H3,(H,24,28)(H,26,27)/t16-,20-/m0/s1. The van der Waals surface area contributed by atoms with E-state index in [1.54, 1.807) is 6.92 Å². The molecule has 0 saturated heterocycles. The number of ketones is 1. The molecule has 2 N–H and O–H groups in total. The van der Waals surface area contributed by atoms with Crippen LogP contribution in [-0.2, 0) is 19.8 Å². The van der Waals surface area contributed by atoms with Crippen molar-refractivity contribution in [2.75, 3.05) is 0 Å². The molecule has 1 fully saturated rings. The zero-order valence-corrected chi connectivity index (χ0v) is 15.9. The van der Waals surface area contributed by atoms with Gasteiger partial charge in [-0.2, -0.15) is 0 Å². The third-order valence-corrected chi connectivity index (χ3v) is 5.70. The second kappa shape index (κ2) is 8.38. The number of carbonyl (C=O) groups is 3. The summed E-state index contributed by atoms with van der Waals surface area (Å²) >= 11 is 0. The molecule has 0 aromatic heterocycles. The summed E-state index contributed by atoms with van der Waals surface area (Å²) in [7, 11) is 0. The van der Waals surface area contributed by atoms with Crippen LogP contribution in [-0.4, -0.2) is 28.8 Å². The van der Waals surface area contributed by atoms with Gasteiger partial charge in [-0.3, -0.25) is 9.59 Å². The number of amides is 1. The first kappa shape index (κ1) is 19.8. The monoisotopic (exact) mass is 379 g/mol. The van der Waals surface area contributed by atoms with Crippen molar-refractivity contribution < 1.29 is 19.5 Å². The van der Waals surface area contributed by atoms with Gasteiger partial charge in [-0.15, -0.1) is 0 Å². The highest BCUT2D eigenvalue weighted by Gasteiger charge is 2.41. The molecule has 2 aromatic carbocycles. The van der Waals surface area contributed by atoms with Gasteiger partial charge in [-0.1, -0.05) is 60.7 Å². The van der Waals surface area contributed by atoms with E-state index in [9.17, 15) is 19.5 Å². The van der Waals surface area contributed by atoms with Gasteiger partial charge in [0.2, 0.25) is 5.91 Å². The Kier molecular flexibility index (Phi) is 5.93. The molecule has 0 aliphatic heterocycles. The molecule has 2 aromatic rings. The lowest BCUT2D eigenvalue weighted by molar-refractivity contribution is -0.145. The van der Waals surface area contributed by atoms with E-state index in [-0.39, 0.29) is 24.0 Å².